The molecule has 2 rings (SSSR count). The molecule has 1 aromatic heterocycles. The quantitative estimate of drug-likeness (QED) is 0.817. The van der Waals surface area contributed by atoms with E-state index in [2.05, 4.69) is 17.7 Å². The van der Waals surface area contributed by atoms with Crippen LogP contribution in [0.4, 0.5) is 0 Å². The lowest BCUT2D eigenvalue weighted by Crippen LogP contribution is -2.47. The van der Waals surface area contributed by atoms with Gasteiger partial charge < -0.3 is 5.32 Å². The van der Waals surface area contributed by atoms with E-state index in [0.717, 1.165) is 30.8 Å². The van der Waals surface area contributed by atoms with Crippen LogP contribution in [0.1, 0.15) is 31.2 Å². The van der Waals surface area contributed by atoms with Crippen LogP contribution in [0.5, 0.6) is 0 Å². The Labute approximate surface area is 102 Å². The highest BCUT2D eigenvalue weighted by Gasteiger charge is 2.24. The number of hydrogen-bond donors (Lipinski definition) is 2. The Morgan fingerprint density at radius 2 is 2.06 bits per heavy atom. The van der Waals surface area contributed by atoms with Crippen LogP contribution in [0, 0.1) is 19.8 Å². The van der Waals surface area contributed by atoms with E-state index in [1.54, 1.807) is 0 Å². The van der Waals surface area contributed by atoms with Crippen molar-refractivity contribution >= 4 is 5.91 Å². The first-order valence-electron chi connectivity index (χ1n) is 6.27. The summed E-state index contributed by atoms with van der Waals surface area (Å²) >= 11 is 0. The first kappa shape index (κ1) is 12.2. The molecule has 2 heterocycles. The summed E-state index contributed by atoms with van der Waals surface area (Å²) in [5, 5.41) is 3.28. The summed E-state index contributed by atoms with van der Waals surface area (Å²) in [6.07, 6.45) is 2.08. The summed E-state index contributed by atoms with van der Waals surface area (Å²) in [5.74, 6) is 0.692. The topological polar surface area (TPSA) is 46.1 Å². The molecular formula is C13H21N3O. The number of nitrogens with one attached hydrogen (secondary N) is 2. The summed E-state index contributed by atoms with van der Waals surface area (Å²) in [6.45, 7) is 7.12. The summed E-state index contributed by atoms with van der Waals surface area (Å²) < 4.78 is 1.85. The second-order valence-corrected chi connectivity index (χ2v) is 5.06. The Balaban J connectivity index is 2.01. The molecule has 1 fully saturated rings. The van der Waals surface area contributed by atoms with Gasteiger partial charge in [-0.1, -0.05) is 6.92 Å². The van der Waals surface area contributed by atoms with Gasteiger partial charge in [-0.05, 0) is 51.3 Å². The standard InChI is InChI=1S/C13H21N3O/c1-9-6-7-14-12(8-9)13(17)15-16-10(2)4-5-11(16)3/h4-5,9,12,14H,6-8H2,1-3H3,(H,15,17). The maximum Gasteiger partial charge on any atom is 0.255 e. The molecule has 0 radical (unpaired) electrons. The van der Waals surface area contributed by atoms with Crippen LogP contribution >= 0.6 is 0 Å². The Morgan fingerprint density at radius 3 is 2.65 bits per heavy atom. The molecule has 0 aliphatic carbocycles. The summed E-state index contributed by atoms with van der Waals surface area (Å²) in [6, 6.07) is 3.96. The number of nitrogens with zero attached hydrogens (tertiary/aromatic N) is 1. The highest BCUT2D eigenvalue weighted by molar-refractivity contribution is 5.89. The molecule has 1 saturated heterocycles. The van der Waals surface area contributed by atoms with Crippen LogP contribution < -0.4 is 10.7 Å². The Morgan fingerprint density at radius 1 is 1.41 bits per heavy atom. The van der Waals surface area contributed by atoms with Gasteiger partial charge in [0, 0.05) is 11.4 Å². The number of hydrogen-bond acceptors (Lipinski definition) is 2. The third-order valence-corrected chi connectivity index (χ3v) is 3.48. The van der Waals surface area contributed by atoms with Crippen LogP contribution in [0.15, 0.2) is 12.1 Å². The van der Waals surface area contributed by atoms with Crippen molar-refractivity contribution in [3.8, 4) is 0 Å². The molecule has 4 nitrogen and oxygen atoms in total. The molecule has 1 aliphatic rings. The highest BCUT2D eigenvalue weighted by Crippen LogP contribution is 2.15. The average molecular weight is 235 g/mol. The molecule has 1 aromatic rings. The number of aromatic nitrogens is 1. The van der Waals surface area contributed by atoms with Crippen molar-refractivity contribution in [1.82, 2.24) is 9.99 Å². The Hall–Kier alpha value is -1.29. The second-order valence-electron chi connectivity index (χ2n) is 5.06. The van der Waals surface area contributed by atoms with Crippen LogP contribution in [0.3, 0.4) is 0 Å². The van der Waals surface area contributed by atoms with E-state index in [9.17, 15) is 4.79 Å². The fraction of sp³-hybridized carbons (Fsp3) is 0.615. The van der Waals surface area contributed by atoms with Crippen molar-refractivity contribution < 1.29 is 4.79 Å². The molecule has 0 saturated carbocycles. The molecule has 1 aliphatic heterocycles. The van der Waals surface area contributed by atoms with E-state index in [4.69, 9.17) is 0 Å². The smallest absolute Gasteiger partial charge is 0.255 e. The molecule has 0 spiro atoms. The molecule has 2 N–H and O–H groups in total. The average Bonchev–Trinajstić information content (AvgIpc) is 2.61. The molecular weight excluding hydrogens is 214 g/mol. The predicted octanol–water partition coefficient (Wildman–Crippen LogP) is 1.56. The first-order chi connectivity index (χ1) is 8.08. The largest absolute Gasteiger partial charge is 0.306 e. The lowest BCUT2D eigenvalue weighted by Gasteiger charge is -2.27. The van der Waals surface area contributed by atoms with Gasteiger partial charge in [0.1, 0.15) is 0 Å². The zero-order valence-corrected chi connectivity index (χ0v) is 10.8. The monoisotopic (exact) mass is 235 g/mol. The molecule has 4 heteroatoms. The van der Waals surface area contributed by atoms with Gasteiger partial charge in [-0.25, -0.2) is 0 Å². The zero-order chi connectivity index (χ0) is 12.4. The van der Waals surface area contributed by atoms with Crippen LogP contribution in [0.2, 0.25) is 0 Å². The Bertz CT molecular complexity index is 391. The van der Waals surface area contributed by atoms with E-state index in [0.29, 0.717) is 5.92 Å². The van der Waals surface area contributed by atoms with Gasteiger partial charge >= 0.3 is 0 Å². The SMILES string of the molecule is Cc1ccc(C)n1NC(=O)C1CC(C)CCN1. The number of aryl methyl sites for hydroxylation is 2. The van der Waals surface area contributed by atoms with Gasteiger partial charge in [0.2, 0.25) is 0 Å². The lowest BCUT2D eigenvalue weighted by atomic mass is 9.94. The molecule has 94 valence electrons. The highest BCUT2D eigenvalue weighted by atomic mass is 16.2. The summed E-state index contributed by atoms with van der Waals surface area (Å²) in [4.78, 5) is 12.1. The van der Waals surface area contributed by atoms with Gasteiger partial charge in [-0.15, -0.1) is 0 Å². The first-order valence-corrected chi connectivity index (χ1v) is 6.27. The van der Waals surface area contributed by atoms with Crippen molar-refractivity contribution in [2.75, 3.05) is 12.0 Å². The van der Waals surface area contributed by atoms with E-state index in [-0.39, 0.29) is 11.9 Å². The minimum atomic E-state index is -0.0556. The lowest BCUT2D eigenvalue weighted by molar-refractivity contribution is -0.119. The molecule has 17 heavy (non-hydrogen) atoms. The van der Waals surface area contributed by atoms with Crippen LogP contribution in [-0.2, 0) is 4.79 Å². The fourth-order valence-electron chi connectivity index (χ4n) is 2.34. The van der Waals surface area contributed by atoms with Crippen molar-refractivity contribution in [2.24, 2.45) is 5.92 Å². The number of piperidine rings is 1. The Kier molecular flexibility index (Phi) is 3.52. The number of carbonyl (C=O) groups excluding carboxylic acids is 1. The fourth-order valence-corrected chi connectivity index (χ4v) is 2.34. The van der Waals surface area contributed by atoms with Gasteiger partial charge in [0.25, 0.3) is 5.91 Å². The number of amides is 1. The normalized spacial score (nSPS) is 24.6. The third-order valence-electron chi connectivity index (χ3n) is 3.48. The summed E-state index contributed by atoms with van der Waals surface area (Å²) in [5.41, 5.74) is 5.07. The van der Waals surface area contributed by atoms with Gasteiger partial charge in [0.05, 0.1) is 6.04 Å². The van der Waals surface area contributed by atoms with E-state index >= 15 is 0 Å². The predicted molar refractivity (Wildman–Crippen MR) is 68.5 cm³/mol. The van der Waals surface area contributed by atoms with E-state index in [1.807, 2.05) is 30.7 Å². The van der Waals surface area contributed by atoms with Crippen molar-refractivity contribution in [3.05, 3.63) is 23.5 Å². The molecule has 2 unspecified atom stereocenters. The maximum atomic E-state index is 12.1. The van der Waals surface area contributed by atoms with Crippen molar-refractivity contribution in [1.29, 1.82) is 0 Å². The second kappa shape index (κ2) is 4.92. The molecule has 0 bridgehead atoms. The van der Waals surface area contributed by atoms with E-state index < -0.39 is 0 Å². The van der Waals surface area contributed by atoms with Gasteiger partial charge in [0.15, 0.2) is 0 Å². The molecule has 0 aromatic carbocycles. The zero-order valence-electron chi connectivity index (χ0n) is 10.8. The minimum absolute atomic E-state index is 0.0556. The molecule has 2 atom stereocenters. The van der Waals surface area contributed by atoms with Crippen LogP contribution in [0.25, 0.3) is 0 Å². The third kappa shape index (κ3) is 2.69. The minimum Gasteiger partial charge on any atom is -0.306 e. The van der Waals surface area contributed by atoms with E-state index in [1.165, 1.54) is 0 Å². The maximum absolute atomic E-state index is 12.1. The number of rotatable bonds is 2. The van der Waals surface area contributed by atoms with Gasteiger partial charge in [-0.2, -0.15) is 0 Å². The van der Waals surface area contributed by atoms with Crippen LogP contribution in [-0.4, -0.2) is 23.2 Å². The van der Waals surface area contributed by atoms with Gasteiger partial charge in [-0.3, -0.25) is 14.9 Å². The number of carbonyl (C=O) groups is 1. The molecule has 1 amide bonds. The van der Waals surface area contributed by atoms with Crippen molar-refractivity contribution in [2.45, 2.75) is 39.7 Å². The summed E-state index contributed by atoms with van der Waals surface area (Å²) in [7, 11) is 0. The van der Waals surface area contributed by atoms with Crippen molar-refractivity contribution in [3.63, 3.8) is 0 Å².